The average molecular weight is 638 g/mol. The number of pyridine rings is 1. The number of halogens is 1. The Balaban J connectivity index is 1.40. The molecule has 9 nitrogen and oxygen atoms in total. The average Bonchev–Trinajstić information content (AvgIpc) is 3.55. The molecule has 0 amide bonds. The van der Waals surface area contributed by atoms with Crippen LogP contribution in [0.1, 0.15) is 57.2 Å². The number of hydrogen-bond acceptors (Lipinski definition) is 10. The molecular formula is C29H38FN3O6P2S. The van der Waals surface area contributed by atoms with Gasteiger partial charge >= 0.3 is 15.2 Å². The second kappa shape index (κ2) is 11.8. The van der Waals surface area contributed by atoms with E-state index < -0.39 is 50.3 Å². The molecule has 0 bridgehead atoms. The van der Waals surface area contributed by atoms with Crippen molar-refractivity contribution >= 4 is 32.2 Å². The summed E-state index contributed by atoms with van der Waals surface area (Å²) >= 11 is 1.64. The highest BCUT2D eigenvalue weighted by Crippen LogP contribution is 2.86. The SMILES string of the molecule is Cc1sc(-c2ccncc2)nc1CCCN(C)c1cc(C(C)(P2(=O)OC(C)C(C)O2)P2(=O)OC(C)C(C)O2)ccc1F. The van der Waals surface area contributed by atoms with Crippen LogP contribution in [0, 0.1) is 12.7 Å². The molecule has 0 aliphatic carbocycles. The van der Waals surface area contributed by atoms with E-state index in [2.05, 4.69) is 11.9 Å². The first-order valence-corrected chi connectivity index (χ1v) is 18.0. The maximum absolute atomic E-state index is 15.3. The van der Waals surface area contributed by atoms with Crippen molar-refractivity contribution in [3.63, 3.8) is 0 Å². The Hall–Kier alpha value is -1.97. The topological polar surface area (TPSA) is 100 Å². The van der Waals surface area contributed by atoms with Gasteiger partial charge in [-0.1, -0.05) is 6.07 Å². The highest BCUT2D eigenvalue weighted by atomic mass is 32.1. The molecule has 2 fully saturated rings. The van der Waals surface area contributed by atoms with Crippen LogP contribution in [0.5, 0.6) is 0 Å². The largest absolute Gasteiger partial charge is 0.372 e. The molecule has 4 unspecified atom stereocenters. The Morgan fingerprint density at radius 2 is 1.50 bits per heavy atom. The van der Waals surface area contributed by atoms with Crippen LogP contribution in [-0.2, 0) is 38.5 Å². The monoisotopic (exact) mass is 637 g/mol. The fourth-order valence-electron chi connectivity index (χ4n) is 5.13. The summed E-state index contributed by atoms with van der Waals surface area (Å²) in [7, 11) is -6.44. The summed E-state index contributed by atoms with van der Waals surface area (Å²) in [4.78, 5) is 10.0. The predicted molar refractivity (Wildman–Crippen MR) is 163 cm³/mol. The number of hydrogen-bond donors (Lipinski definition) is 0. The zero-order valence-electron chi connectivity index (χ0n) is 24.9. The molecule has 4 atom stereocenters. The second-order valence-electron chi connectivity index (χ2n) is 11.2. The van der Waals surface area contributed by atoms with Crippen molar-refractivity contribution in [3.8, 4) is 10.6 Å². The van der Waals surface area contributed by atoms with Gasteiger partial charge in [-0.25, -0.2) is 9.37 Å². The van der Waals surface area contributed by atoms with Crippen LogP contribution in [0.25, 0.3) is 10.6 Å². The lowest BCUT2D eigenvalue weighted by Gasteiger charge is -2.37. The fourth-order valence-corrected chi connectivity index (χ4v) is 12.1. The lowest BCUT2D eigenvalue weighted by atomic mass is 10.1. The van der Waals surface area contributed by atoms with E-state index in [1.165, 1.54) is 19.1 Å². The Bertz CT molecular complexity index is 1470. The molecule has 4 heterocycles. The van der Waals surface area contributed by atoms with Gasteiger partial charge in [-0.2, -0.15) is 0 Å². The Morgan fingerprint density at radius 3 is 2.05 bits per heavy atom. The summed E-state index contributed by atoms with van der Waals surface area (Å²) < 4.78 is 67.7. The van der Waals surface area contributed by atoms with Crippen molar-refractivity contribution < 1.29 is 31.6 Å². The van der Waals surface area contributed by atoms with E-state index in [9.17, 15) is 9.13 Å². The van der Waals surface area contributed by atoms with Gasteiger partial charge < -0.3 is 23.0 Å². The number of anilines is 1. The molecule has 42 heavy (non-hydrogen) atoms. The van der Waals surface area contributed by atoms with E-state index in [1.54, 1.807) is 69.4 Å². The summed E-state index contributed by atoms with van der Waals surface area (Å²) in [5.41, 5.74) is 2.61. The Morgan fingerprint density at radius 1 is 0.952 bits per heavy atom. The van der Waals surface area contributed by atoms with E-state index in [4.69, 9.17) is 23.1 Å². The summed E-state index contributed by atoms with van der Waals surface area (Å²) in [6.45, 7) is 11.1. The molecule has 5 rings (SSSR count). The maximum atomic E-state index is 15.3. The van der Waals surface area contributed by atoms with Crippen molar-refractivity contribution in [3.05, 3.63) is 64.7 Å². The van der Waals surface area contributed by atoms with Crippen LogP contribution in [0.4, 0.5) is 10.1 Å². The normalized spacial score (nSPS) is 30.9. The van der Waals surface area contributed by atoms with Crippen molar-refractivity contribution in [2.45, 2.75) is 83.7 Å². The van der Waals surface area contributed by atoms with Gasteiger partial charge in [0.15, 0.2) is 4.90 Å². The zero-order valence-corrected chi connectivity index (χ0v) is 27.5. The first-order valence-electron chi connectivity index (χ1n) is 14.1. The third-order valence-corrected chi connectivity index (χ3v) is 15.9. The van der Waals surface area contributed by atoms with Gasteiger partial charge in [0.1, 0.15) is 10.8 Å². The van der Waals surface area contributed by atoms with Crippen molar-refractivity contribution in [1.82, 2.24) is 9.97 Å². The lowest BCUT2D eigenvalue weighted by Crippen LogP contribution is -2.26. The van der Waals surface area contributed by atoms with Crippen LogP contribution in [0.3, 0.4) is 0 Å². The molecule has 0 spiro atoms. The first-order chi connectivity index (χ1) is 19.8. The summed E-state index contributed by atoms with van der Waals surface area (Å²) in [6.07, 6.45) is 2.92. The van der Waals surface area contributed by atoms with E-state index in [0.29, 0.717) is 12.1 Å². The van der Waals surface area contributed by atoms with Crippen LogP contribution in [0.2, 0.25) is 0 Å². The van der Waals surface area contributed by atoms with E-state index >= 15 is 4.39 Å². The molecule has 2 aliphatic heterocycles. The molecule has 228 valence electrons. The smallest absolute Gasteiger partial charge is 0.353 e. The van der Waals surface area contributed by atoms with E-state index in [1.807, 2.05) is 12.1 Å². The molecule has 2 aromatic heterocycles. The number of nitrogens with zero attached hydrogens (tertiary/aromatic N) is 3. The number of aryl methyl sites for hydroxylation is 2. The summed E-state index contributed by atoms with van der Waals surface area (Å²) in [5.74, 6) is -0.463. The number of benzene rings is 1. The standard InChI is InChI=1S/C29H38FN3O6P2S/c1-18-19(2)37-40(34,36-18)29(6,41(35)38-20(3)21(4)39-41)24-10-11-25(30)27(17-24)33(7)16-8-9-26-22(5)42-28(32-26)23-12-14-31-15-13-23/h10-15,17-21H,8-9,16H2,1-7H3. The summed E-state index contributed by atoms with van der Waals surface area (Å²) in [5, 5.41) is 0.945. The van der Waals surface area contributed by atoms with E-state index in [-0.39, 0.29) is 5.69 Å². The molecule has 13 heteroatoms. The quantitative estimate of drug-likeness (QED) is 0.217. The third-order valence-electron chi connectivity index (χ3n) is 8.24. The molecule has 1 aromatic carbocycles. The third kappa shape index (κ3) is 5.54. The van der Waals surface area contributed by atoms with Crippen molar-refractivity contribution in [2.75, 3.05) is 18.5 Å². The highest BCUT2D eigenvalue weighted by molar-refractivity contribution is 7.73. The van der Waals surface area contributed by atoms with Gasteiger partial charge in [-0.05, 0) is 84.2 Å². The minimum absolute atomic E-state index is 0.269. The van der Waals surface area contributed by atoms with Gasteiger partial charge in [0.05, 0.1) is 35.8 Å². The first kappa shape index (κ1) is 31.5. The number of aromatic nitrogens is 2. The second-order valence-corrected chi connectivity index (χ2v) is 17.4. The van der Waals surface area contributed by atoms with E-state index in [0.717, 1.165) is 34.0 Å². The van der Waals surface area contributed by atoms with Gasteiger partial charge in [0.2, 0.25) is 0 Å². The maximum Gasteiger partial charge on any atom is 0.353 e. The lowest BCUT2D eigenvalue weighted by molar-refractivity contribution is 0.187. The predicted octanol–water partition coefficient (Wildman–Crippen LogP) is 7.93. The van der Waals surface area contributed by atoms with Crippen molar-refractivity contribution in [2.24, 2.45) is 0 Å². The Kier molecular flexibility index (Phi) is 8.87. The molecular weight excluding hydrogens is 599 g/mol. The number of rotatable bonds is 9. The summed E-state index contributed by atoms with van der Waals surface area (Å²) in [6, 6.07) is 8.19. The molecule has 2 aliphatic rings. The van der Waals surface area contributed by atoms with Crippen LogP contribution < -0.4 is 4.90 Å². The van der Waals surface area contributed by atoms with Gasteiger partial charge in [0.25, 0.3) is 0 Å². The van der Waals surface area contributed by atoms with Gasteiger partial charge in [0, 0.05) is 36.4 Å². The van der Waals surface area contributed by atoms with Gasteiger partial charge in [-0.3, -0.25) is 14.1 Å². The molecule has 2 saturated heterocycles. The van der Waals surface area contributed by atoms with Crippen LogP contribution in [0.15, 0.2) is 42.7 Å². The molecule has 0 N–H and O–H groups in total. The minimum atomic E-state index is -4.11. The number of thiazole rings is 1. The zero-order chi connectivity index (χ0) is 30.4. The Labute approximate surface area is 250 Å². The minimum Gasteiger partial charge on any atom is -0.372 e. The van der Waals surface area contributed by atoms with Crippen molar-refractivity contribution in [1.29, 1.82) is 0 Å². The fraction of sp³-hybridized carbons (Fsp3) is 0.517. The molecule has 3 aromatic rings. The van der Waals surface area contributed by atoms with Gasteiger partial charge in [-0.15, -0.1) is 11.3 Å². The molecule has 0 radical (unpaired) electrons. The van der Waals surface area contributed by atoms with Crippen LogP contribution in [-0.4, -0.2) is 48.0 Å². The molecule has 0 saturated carbocycles. The van der Waals surface area contributed by atoms with Crippen LogP contribution >= 0.6 is 26.5 Å². The highest BCUT2D eigenvalue weighted by Gasteiger charge is 2.69.